The highest BCUT2D eigenvalue weighted by molar-refractivity contribution is 7.23. The smallest absolute Gasteiger partial charge is 0.203 e. The SMILES string of the molecule is Nc1nnc(-c2ccc(CN3CCCCCC3)s2)s1. The van der Waals surface area contributed by atoms with Gasteiger partial charge < -0.3 is 5.73 Å². The van der Waals surface area contributed by atoms with E-state index in [0.717, 1.165) is 11.6 Å². The fourth-order valence-corrected chi connectivity index (χ4v) is 4.14. The summed E-state index contributed by atoms with van der Waals surface area (Å²) in [6.45, 7) is 3.54. The van der Waals surface area contributed by atoms with Crippen LogP contribution in [0.15, 0.2) is 12.1 Å². The van der Waals surface area contributed by atoms with Gasteiger partial charge >= 0.3 is 0 Å². The van der Waals surface area contributed by atoms with Crippen molar-refractivity contribution in [3.8, 4) is 9.88 Å². The molecule has 2 aromatic heterocycles. The van der Waals surface area contributed by atoms with Gasteiger partial charge in [-0.15, -0.1) is 21.5 Å². The van der Waals surface area contributed by atoms with Crippen molar-refractivity contribution in [2.24, 2.45) is 0 Å². The van der Waals surface area contributed by atoms with Gasteiger partial charge in [-0.3, -0.25) is 4.90 Å². The van der Waals surface area contributed by atoms with Gasteiger partial charge in [0.2, 0.25) is 5.13 Å². The van der Waals surface area contributed by atoms with E-state index in [2.05, 4.69) is 27.2 Å². The van der Waals surface area contributed by atoms with Gasteiger partial charge in [0.15, 0.2) is 5.01 Å². The molecule has 1 aliphatic heterocycles. The lowest BCUT2D eigenvalue weighted by Gasteiger charge is -2.18. The zero-order valence-electron chi connectivity index (χ0n) is 10.8. The highest BCUT2D eigenvalue weighted by atomic mass is 32.1. The number of hydrogen-bond donors (Lipinski definition) is 1. The Morgan fingerprint density at radius 2 is 1.84 bits per heavy atom. The Balaban J connectivity index is 1.67. The normalized spacial score (nSPS) is 17.5. The Hall–Kier alpha value is -0.980. The van der Waals surface area contributed by atoms with Gasteiger partial charge in [0.05, 0.1) is 4.88 Å². The number of nitrogens with zero attached hydrogens (tertiary/aromatic N) is 3. The summed E-state index contributed by atoms with van der Waals surface area (Å²) < 4.78 is 0. The molecule has 3 rings (SSSR count). The van der Waals surface area contributed by atoms with Gasteiger partial charge in [0.1, 0.15) is 0 Å². The molecule has 0 aliphatic carbocycles. The molecule has 0 unspecified atom stereocenters. The number of nitrogen functional groups attached to an aromatic ring is 1. The Morgan fingerprint density at radius 1 is 1.05 bits per heavy atom. The maximum Gasteiger partial charge on any atom is 0.203 e. The molecule has 0 saturated carbocycles. The van der Waals surface area contributed by atoms with Gasteiger partial charge in [0, 0.05) is 11.4 Å². The predicted molar refractivity (Wildman–Crippen MR) is 81.4 cm³/mol. The minimum Gasteiger partial charge on any atom is -0.374 e. The lowest BCUT2D eigenvalue weighted by atomic mass is 10.2. The number of rotatable bonds is 3. The summed E-state index contributed by atoms with van der Waals surface area (Å²) in [5, 5.41) is 9.45. The number of anilines is 1. The van der Waals surface area contributed by atoms with Crippen molar-refractivity contribution in [3.05, 3.63) is 17.0 Å². The topological polar surface area (TPSA) is 55.0 Å². The second-order valence-electron chi connectivity index (χ2n) is 4.90. The number of aromatic nitrogens is 2. The summed E-state index contributed by atoms with van der Waals surface area (Å²) in [6, 6.07) is 4.35. The van der Waals surface area contributed by atoms with E-state index in [-0.39, 0.29) is 0 Å². The lowest BCUT2D eigenvalue weighted by molar-refractivity contribution is 0.279. The zero-order valence-corrected chi connectivity index (χ0v) is 12.5. The largest absolute Gasteiger partial charge is 0.374 e. The van der Waals surface area contributed by atoms with E-state index in [0.29, 0.717) is 5.13 Å². The van der Waals surface area contributed by atoms with Crippen LogP contribution in [0.2, 0.25) is 0 Å². The van der Waals surface area contributed by atoms with E-state index in [9.17, 15) is 0 Å². The lowest BCUT2D eigenvalue weighted by Crippen LogP contribution is -2.23. The summed E-state index contributed by atoms with van der Waals surface area (Å²) >= 11 is 3.27. The molecule has 1 saturated heterocycles. The van der Waals surface area contributed by atoms with Gasteiger partial charge in [-0.05, 0) is 38.1 Å². The van der Waals surface area contributed by atoms with Gasteiger partial charge in [-0.2, -0.15) is 0 Å². The van der Waals surface area contributed by atoms with Crippen molar-refractivity contribution < 1.29 is 0 Å². The maximum absolute atomic E-state index is 5.63. The molecule has 1 fully saturated rings. The van der Waals surface area contributed by atoms with Gasteiger partial charge in [-0.1, -0.05) is 24.2 Å². The molecule has 3 heterocycles. The highest BCUT2D eigenvalue weighted by Crippen LogP contribution is 2.31. The molecule has 0 atom stereocenters. The molecular formula is C13H18N4S2. The molecule has 4 nitrogen and oxygen atoms in total. The summed E-state index contributed by atoms with van der Waals surface area (Å²) in [5.74, 6) is 0. The third-order valence-corrected chi connectivity index (χ3v) is 5.38. The van der Waals surface area contributed by atoms with E-state index in [1.807, 2.05) is 11.3 Å². The summed E-state index contributed by atoms with van der Waals surface area (Å²) in [5.41, 5.74) is 5.63. The van der Waals surface area contributed by atoms with Crippen LogP contribution in [0.3, 0.4) is 0 Å². The van der Waals surface area contributed by atoms with Crippen LogP contribution in [0.25, 0.3) is 9.88 Å². The van der Waals surface area contributed by atoms with Gasteiger partial charge in [-0.25, -0.2) is 0 Å². The maximum atomic E-state index is 5.63. The van der Waals surface area contributed by atoms with Crippen LogP contribution < -0.4 is 5.73 Å². The van der Waals surface area contributed by atoms with Gasteiger partial charge in [0.25, 0.3) is 0 Å². The molecule has 102 valence electrons. The van der Waals surface area contributed by atoms with Crippen LogP contribution in [0, 0.1) is 0 Å². The minimum atomic E-state index is 0.539. The molecule has 2 N–H and O–H groups in total. The Morgan fingerprint density at radius 3 is 2.53 bits per heavy atom. The Labute approximate surface area is 121 Å². The molecule has 0 radical (unpaired) electrons. The molecule has 0 spiro atoms. The zero-order chi connectivity index (χ0) is 13.1. The van der Waals surface area contributed by atoms with Crippen LogP contribution in [0.1, 0.15) is 30.6 Å². The molecule has 1 aliphatic rings. The molecule has 2 aromatic rings. The summed E-state index contributed by atoms with van der Waals surface area (Å²) in [7, 11) is 0. The number of thiophene rings is 1. The third-order valence-electron chi connectivity index (χ3n) is 3.39. The average Bonchev–Trinajstić information content (AvgIpc) is 2.94. The predicted octanol–water partition coefficient (Wildman–Crippen LogP) is 3.22. The van der Waals surface area contributed by atoms with Crippen molar-refractivity contribution in [2.45, 2.75) is 32.2 Å². The fraction of sp³-hybridized carbons (Fsp3) is 0.538. The number of nitrogens with two attached hydrogens (primary N) is 1. The number of likely N-dealkylation sites (tertiary alicyclic amines) is 1. The van der Waals surface area contributed by atoms with E-state index in [1.165, 1.54) is 59.9 Å². The quantitative estimate of drug-likeness (QED) is 0.944. The summed E-state index contributed by atoms with van der Waals surface area (Å²) in [4.78, 5) is 5.15. The van der Waals surface area contributed by atoms with Crippen LogP contribution in [-0.2, 0) is 6.54 Å². The van der Waals surface area contributed by atoms with Crippen molar-refractivity contribution in [2.75, 3.05) is 18.8 Å². The Kier molecular flexibility index (Phi) is 4.10. The molecular weight excluding hydrogens is 276 g/mol. The first-order valence-electron chi connectivity index (χ1n) is 6.72. The van der Waals surface area contributed by atoms with Crippen molar-refractivity contribution >= 4 is 27.8 Å². The second-order valence-corrected chi connectivity index (χ2v) is 7.08. The first kappa shape index (κ1) is 13.0. The summed E-state index contributed by atoms with van der Waals surface area (Å²) in [6.07, 6.45) is 5.45. The molecule has 0 amide bonds. The molecule has 0 bridgehead atoms. The molecule has 6 heteroatoms. The fourth-order valence-electron chi connectivity index (χ4n) is 2.43. The average molecular weight is 294 g/mol. The van der Waals surface area contributed by atoms with Crippen LogP contribution in [-0.4, -0.2) is 28.2 Å². The number of hydrogen-bond acceptors (Lipinski definition) is 6. The van der Waals surface area contributed by atoms with E-state index in [1.54, 1.807) is 0 Å². The first-order valence-corrected chi connectivity index (χ1v) is 8.35. The second kappa shape index (κ2) is 5.98. The van der Waals surface area contributed by atoms with Crippen LogP contribution in [0.5, 0.6) is 0 Å². The minimum absolute atomic E-state index is 0.539. The molecule has 0 aromatic carbocycles. The highest BCUT2D eigenvalue weighted by Gasteiger charge is 2.12. The van der Waals surface area contributed by atoms with Crippen molar-refractivity contribution in [1.82, 2.24) is 15.1 Å². The van der Waals surface area contributed by atoms with E-state index < -0.39 is 0 Å². The monoisotopic (exact) mass is 294 g/mol. The first-order chi connectivity index (χ1) is 9.31. The third kappa shape index (κ3) is 3.32. The van der Waals surface area contributed by atoms with Crippen LogP contribution in [0.4, 0.5) is 5.13 Å². The van der Waals surface area contributed by atoms with Crippen molar-refractivity contribution in [3.63, 3.8) is 0 Å². The van der Waals surface area contributed by atoms with Crippen LogP contribution >= 0.6 is 22.7 Å². The standard InChI is InChI=1S/C13H18N4S2/c14-13-16-15-12(19-13)11-6-5-10(18-11)9-17-7-3-1-2-4-8-17/h5-6H,1-4,7-9H2,(H2,14,16). The van der Waals surface area contributed by atoms with E-state index in [4.69, 9.17) is 5.73 Å². The van der Waals surface area contributed by atoms with E-state index >= 15 is 0 Å². The Bertz CT molecular complexity index is 526. The van der Waals surface area contributed by atoms with Crippen molar-refractivity contribution in [1.29, 1.82) is 0 Å². The molecule has 19 heavy (non-hydrogen) atoms.